The fourth-order valence-electron chi connectivity index (χ4n) is 1.31. The summed E-state index contributed by atoms with van der Waals surface area (Å²) in [4.78, 5) is 34.4. The van der Waals surface area contributed by atoms with Gasteiger partial charge in [-0.25, -0.2) is 0 Å². The smallest absolute Gasteiger partial charge is 0.228 e. The first kappa shape index (κ1) is 15.8. The molecule has 17 heavy (non-hydrogen) atoms. The number of hydrogen-bond acceptors (Lipinski definition) is 4. The van der Waals surface area contributed by atoms with Crippen LogP contribution in [0.3, 0.4) is 0 Å². The van der Waals surface area contributed by atoms with Crippen LogP contribution in [-0.2, 0) is 14.4 Å². The largest absolute Gasteiger partial charge is 0.346 e. The number of ketones is 2. The molecule has 98 valence electrons. The molecule has 2 unspecified atom stereocenters. The van der Waals surface area contributed by atoms with E-state index in [0.717, 1.165) is 6.42 Å². The van der Waals surface area contributed by atoms with Gasteiger partial charge in [0.05, 0.1) is 18.5 Å². The summed E-state index contributed by atoms with van der Waals surface area (Å²) in [6.45, 7) is 5.24. The first-order valence-electron chi connectivity index (χ1n) is 5.94. The molecule has 2 N–H and O–H groups in total. The fourth-order valence-corrected chi connectivity index (χ4v) is 1.31. The van der Waals surface area contributed by atoms with Crippen molar-refractivity contribution in [2.24, 2.45) is 0 Å². The highest BCUT2D eigenvalue weighted by molar-refractivity contribution is 6.01. The van der Waals surface area contributed by atoms with Crippen LogP contribution in [0.5, 0.6) is 0 Å². The molecule has 0 saturated heterocycles. The summed E-state index contributed by atoms with van der Waals surface area (Å²) in [7, 11) is 1.66. The second kappa shape index (κ2) is 7.95. The van der Waals surface area contributed by atoms with E-state index >= 15 is 0 Å². The Hall–Kier alpha value is -1.23. The van der Waals surface area contributed by atoms with Gasteiger partial charge in [0.25, 0.3) is 0 Å². The van der Waals surface area contributed by atoms with E-state index in [0.29, 0.717) is 6.42 Å². The Kier molecular flexibility index (Phi) is 7.37. The van der Waals surface area contributed by atoms with Crippen molar-refractivity contribution < 1.29 is 14.4 Å². The summed E-state index contributed by atoms with van der Waals surface area (Å²) < 4.78 is 0. The van der Waals surface area contributed by atoms with Crippen LogP contribution in [0.4, 0.5) is 0 Å². The van der Waals surface area contributed by atoms with E-state index in [-0.39, 0.29) is 24.0 Å². The molecule has 0 aromatic carbocycles. The molecule has 5 nitrogen and oxygen atoms in total. The molecule has 2 atom stereocenters. The van der Waals surface area contributed by atoms with Gasteiger partial charge in [0, 0.05) is 6.42 Å². The Labute approximate surface area is 102 Å². The predicted molar refractivity (Wildman–Crippen MR) is 65.7 cm³/mol. The Morgan fingerprint density at radius 2 is 1.65 bits per heavy atom. The zero-order chi connectivity index (χ0) is 13.4. The van der Waals surface area contributed by atoms with E-state index in [1.165, 1.54) is 0 Å². The zero-order valence-corrected chi connectivity index (χ0v) is 11.0. The fraction of sp³-hybridized carbons (Fsp3) is 0.750. The molecule has 0 radical (unpaired) electrons. The summed E-state index contributed by atoms with van der Waals surface area (Å²) in [5, 5.41) is 5.31. The molecule has 0 aliphatic rings. The molecule has 0 aliphatic heterocycles. The van der Waals surface area contributed by atoms with Gasteiger partial charge in [-0.15, -0.1) is 0 Å². The lowest BCUT2D eigenvalue weighted by Gasteiger charge is -2.13. The molecular weight excluding hydrogens is 220 g/mol. The van der Waals surface area contributed by atoms with E-state index in [1.54, 1.807) is 20.9 Å². The third kappa shape index (κ3) is 6.16. The zero-order valence-electron chi connectivity index (χ0n) is 11.0. The van der Waals surface area contributed by atoms with Crippen molar-refractivity contribution in [3.8, 4) is 0 Å². The first-order chi connectivity index (χ1) is 7.92. The van der Waals surface area contributed by atoms with Crippen molar-refractivity contribution in [3.63, 3.8) is 0 Å². The van der Waals surface area contributed by atoms with Crippen molar-refractivity contribution in [1.29, 1.82) is 0 Å². The topological polar surface area (TPSA) is 75.3 Å². The number of rotatable bonds is 8. The summed E-state index contributed by atoms with van der Waals surface area (Å²) in [6.07, 6.45) is 1.02. The summed E-state index contributed by atoms with van der Waals surface area (Å²) in [6, 6.07) is -0.859. The number of carbonyl (C=O) groups excluding carboxylic acids is 3. The molecule has 0 aromatic rings. The highest BCUT2D eigenvalue weighted by Gasteiger charge is 2.18. The molecule has 0 aliphatic carbocycles. The van der Waals surface area contributed by atoms with Crippen molar-refractivity contribution in [2.45, 2.75) is 52.1 Å². The maximum Gasteiger partial charge on any atom is 0.228 e. The quantitative estimate of drug-likeness (QED) is 0.605. The van der Waals surface area contributed by atoms with E-state index in [4.69, 9.17) is 0 Å². The van der Waals surface area contributed by atoms with Gasteiger partial charge >= 0.3 is 0 Å². The Balaban J connectivity index is 4.10. The molecule has 0 heterocycles. The summed E-state index contributed by atoms with van der Waals surface area (Å²) in [5.41, 5.74) is 0. The summed E-state index contributed by atoms with van der Waals surface area (Å²) >= 11 is 0. The first-order valence-corrected chi connectivity index (χ1v) is 5.94. The minimum absolute atomic E-state index is 0.00466. The lowest BCUT2D eigenvalue weighted by Crippen LogP contribution is -2.41. The standard InChI is InChI=1S/C12H22N2O3/c1-5-6-10(15)9(3)14-12(17)7-11(16)8(2)13-4/h8-9,13H,5-7H2,1-4H3,(H,14,17). The van der Waals surface area contributed by atoms with E-state index in [1.807, 2.05) is 6.92 Å². The van der Waals surface area contributed by atoms with Gasteiger partial charge in [-0.1, -0.05) is 6.92 Å². The summed E-state index contributed by atoms with van der Waals surface area (Å²) in [5.74, 6) is -0.579. The van der Waals surface area contributed by atoms with Crippen molar-refractivity contribution in [2.75, 3.05) is 7.05 Å². The molecule has 0 aromatic heterocycles. The molecule has 0 spiro atoms. The second-order valence-electron chi connectivity index (χ2n) is 4.16. The van der Waals surface area contributed by atoms with E-state index in [9.17, 15) is 14.4 Å². The minimum Gasteiger partial charge on any atom is -0.346 e. The van der Waals surface area contributed by atoms with Gasteiger partial charge < -0.3 is 10.6 Å². The number of amides is 1. The van der Waals surface area contributed by atoms with Crippen LogP contribution in [0.2, 0.25) is 0 Å². The van der Waals surface area contributed by atoms with Gasteiger partial charge in [0.1, 0.15) is 0 Å². The molecule has 5 heteroatoms. The number of likely N-dealkylation sites (N-methyl/N-ethyl adjacent to an activating group) is 1. The average Bonchev–Trinajstić information content (AvgIpc) is 2.27. The third-order valence-corrected chi connectivity index (χ3v) is 2.61. The molecular formula is C12H22N2O3. The van der Waals surface area contributed by atoms with Gasteiger partial charge in [-0.2, -0.15) is 0 Å². The average molecular weight is 242 g/mol. The molecule has 0 rings (SSSR count). The third-order valence-electron chi connectivity index (χ3n) is 2.61. The highest BCUT2D eigenvalue weighted by Crippen LogP contribution is 1.97. The predicted octanol–water partition coefficient (Wildman–Crippen LogP) is 0.427. The molecule has 0 fully saturated rings. The Bertz CT molecular complexity index is 289. The van der Waals surface area contributed by atoms with Gasteiger partial charge in [-0.05, 0) is 27.3 Å². The number of nitrogens with one attached hydrogen (secondary N) is 2. The monoisotopic (exact) mass is 242 g/mol. The lowest BCUT2D eigenvalue weighted by molar-refractivity contribution is -0.131. The second-order valence-corrected chi connectivity index (χ2v) is 4.16. The number of Topliss-reactive ketones (excluding diaryl/α,β-unsaturated/α-hetero) is 2. The van der Waals surface area contributed by atoms with Crippen molar-refractivity contribution >= 4 is 17.5 Å². The van der Waals surface area contributed by atoms with E-state index < -0.39 is 11.9 Å². The van der Waals surface area contributed by atoms with Crippen molar-refractivity contribution in [3.05, 3.63) is 0 Å². The van der Waals surface area contributed by atoms with E-state index in [2.05, 4.69) is 10.6 Å². The minimum atomic E-state index is -0.514. The van der Waals surface area contributed by atoms with Crippen LogP contribution in [-0.4, -0.2) is 36.6 Å². The van der Waals surface area contributed by atoms with Crippen LogP contribution >= 0.6 is 0 Å². The van der Waals surface area contributed by atoms with Crippen molar-refractivity contribution in [1.82, 2.24) is 10.6 Å². The maximum absolute atomic E-state index is 11.5. The van der Waals surface area contributed by atoms with Gasteiger partial charge in [0.2, 0.25) is 5.91 Å². The van der Waals surface area contributed by atoms with Crippen LogP contribution in [0.25, 0.3) is 0 Å². The van der Waals surface area contributed by atoms with Crippen LogP contribution in [0, 0.1) is 0 Å². The highest BCUT2D eigenvalue weighted by atomic mass is 16.2. The molecule has 0 saturated carbocycles. The Morgan fingerprint density at radius 1 is 1.06 bits per heavy atom. The van der Waals surface area contributed by atoms with Gasteiger partial charge in [-0.3, -0.25) is 14.4 Å². The number of carbonyl (C=O) groups is 3. The lowest BCUT2D eigenvalue weighted by atomic mass is 10.1. The SMILES string of the molecule is CCCC(=O)C(C)NC(=O)CC(=O)C(C)NC. The molecule has 1 amide bonds. The van der Waals surface area contributed by atoms with Crippen LogP contribution in [0.15, 0.2) is 0 Å². The normalized spacial score (nSPS) is 13.9. The number of hydrogen-bond donors (Lipinski definition) is 2. The van der Waals surface area contributed by atoms with Gasteiger partial charge in [0.15, 0.2) is 11.6 Å². The van der Waals surface area contributed by atoms with Crippen LogP contribution < -0.4 is 10.6 Å². The van der Waals surface area contributed by atoms with Crippen LogP contribution in [0.1, 0.15) is 40.0 Å². The molecule has 0 bridgehead atoms. The maximum atomic E-state index is 11.5. The Morgan fingerprint density at radius 3 is 2.12 bits per heavy atom.